The second-order valence-corrected chi connectivity index (χ2v) is 8.06. The molecule has 1 amide bonds. The number of hydrogen-bond acceptors (Lipinski definition) is 4. The molecule has 0 aliphatic carbocycles. The normalized spacial score (nSPS) is 18.8. The molecule has 160 valence electrons. The van der Waals surface area contributed by atoms with E-state index >= 15 is 0 Å². The predicted molar refractivity (Wildman–Crippen MR) is 115 cm³/mol. The Morgan fingerprint density at radius 3 is 2.63 bits per heavy atom. The molecule has 0 unspecified atom stereocenters. The van der Waals surface area contributed by atoms with Crippen molar-refractivity contribution < 1.29 is 24.2 Å². The summed E-state index contributed by atoms with van der Waals surface area (Å²) in [6.07, 6.45) is -2.26. The van der Waals surface area contributed by atoms with E-state index in [1.807, 2.05) is 45.0 Å². The minimum absolute atomic E-state index is 0.176. The number of fused-ring (bicyclic) bond motifs is 1. The molecule has 0 fully saturated rings. The molecular weight excluding hydrogens is 406 g/mol. The van der Waals surface area contributed by atoms with E-state index in [4.69, 9.17) is 21.1 Å². The minimum atomic E-state index is -1.13. The molecular formula is C23H26ClNO5. The van der Waals surface area contributed by atoms with E-state index in [2.05, 4.69) is 0 Å². The van der Waals surface area contributed by atoms with Crippen molar-refractivity contribution >= 4 is 29.2 Å². The van der Waals surface area contributed by atoms with Crippen molar-refractivity contribution in [3.05, 3.63) is 58.6 Å². The third-order valence-corrected chi connectivity index (χ3v) is 5.05. The van der Waals surface area contributed by atoms with Crippen molar-refractivity contribution in [1.29, 1.82) is 0 Å². The molecule has 0 radical (unpaired) electrons. The fourth-order valence-electron chi connectivity index (χ4n) is 3.64. The zero-order valence-electron chi connectivity index (χ0n) is 17.3. The maximum absolute atomic E-state index is 13.3. The van der Waals surface area contributed by atoms with Gasteiger partial charge in [-0.1, -0.05) is 43.6 Å². The SMILES string of the molecule is CCOc1ccccc1[C@H]1O[C@H](CC(=O)O)C(=O)N(CC(C)C)c2ccc(Cl)cc21. The number of nitrogens with zero attached hydrogens (tertiary/aromatic N) is 1. The van der Waals surface area contributed by atoms with Crippen molar-refractivity contribution in [3.63, 3.8) is 0 Å². The third kappa shape index (κ3) is 4.77. The number of benzene rings is 2. The number of halogens is 1. The highest BCUT2D eigenvalue weighted by molar-refractivity contribution is 6.30. The van der Waals surface area contributed by atoms with Gasteiger partial charge in [0.2, 0.25) is 0 Å². The molecule has 1 aliphatic rings. The van der Waals surface area contributed by atoms with Gasteiger partial charge in [0, 0.05) is 28.4 Å². The van der Waals surface area contributed by atoms with Crippen LogP contribution in [0.4, 0.5) is 5.69 Å². The molecule has 0 spiro atoms. The van der Waals surface area contributed by atoms with E-state index < -0.39 is 24.6 Å². The van der Waals surface area contributed by atoms with Crippen LogP contribution < -0.4 is 9.64 Å². The van der Waals surface area contributed by atoms with Gasteiger partial charge in [-0.15, -0.1) is 0 Å². The standard InChI is InChI=1S/C23H26ClNO5/c1-4-29-19-8-6-5-7-16(19)22-17-11-15(24)9-10-18(17)25(13-14(2)3)23(28)20(30-22)12-21(26)27/h5-11,14,20,22H,4,12-13H2,1-3H3,(H,26,27)/t20-,22-/m1/s1. The van der Waals surface area contributed by atoms with Crippen LogP contribution in [0, 0.1) is 5.92 Å². The van der Waals surface area contributed by atoms with Crippen LogP contribution in [0.2, 0.25) is 5.02 Å². The lowest BCUT2D eigenvalue weighted by molar-refractivity contribution is -0.147. The van der Waals surface area contributed by atoms with Crippen molar-refractivity contribution in [3.8, 4) is 5.75 Å². The third-order valence-electron chi connectivity index (χ3n) is 4.81. The Bertz CT molecular complexity index is 930. The number of anilines is 1. The first-order valence-electron chi connectivity index (χ1n) is 10.0. The number of carboxylic acids is 1. The summed E-state index contributed by atoms with van der Waals surface area (Å²) < 4.78 is 12.0. The second kappa shape index (κ2) is 9.49. The summed E-state index contributed by atoms with van der Waals surface area (Å²) >= 11 is 6.31. The molecule has 0 aromatic heterocycles. The Morgan fingerprint density at radius 1 is 1.23 bits per heavy atom. The summed E-state index contributed by atoms with van der Waals surface area (Å²) in [5.74, 6) is -0.672. The van der Waals surface area contributed by atoms with Gasteiger partial charge in [0.15, 0.2) is 0 Å². The predicted octanol–water partition coefficient (Wildman–Crippen LogP) is 4.69. The van der Waals surface area contributed by atoms with E-state index in [9.17, 15) is 14.7 Å². The molecule has 7 heteroatoms. The topological polar surface area (TPSA) is 76.1 Å². The minimum Gasteiger partial charge on any atom is -0.493 e. The molecule has 1 heterocycles. The zero-order chi connectivity index (χ0) is 21.8. The van der Waals surface area contributed by atoms with Crippen LogP contribution in [0.1, 0.15) is 44.4 Å². The van der Waals surface area contributed by atoms with Gasteiger partial charge in [0.05, 0.1) is 13.0 Å². The quantitative estimate of drug-likeness (QED) is 0.688. The van der Waals surface area contributed by atoms with Crippen LogP contribution in [0.15, 0.2) is 42.5 Å². The maximum Gasteiger partial charge on any atom is 0.306 e. The zero-order valence-corrected chi connectivity index (χ0v) is 18.1. The molecule has 1 N–H and O–H groups in total. The van der Waals surface area contributed by atoms with E-state index in [1.165, 1.54) is 0 Å². The van der Waals surface area contributed by atoms with Gasteiger partial charge < -0.3 is 19.5 Å². The van der Waals surface area contributed by atoms with Gasteiger partial charge in [-0.3, -0.25) is 9.59 Å². The van der Waals surface area contributed by atoms with Crippen LogP contribution in [-0.4, -0.2) is 36.2 Å². The number of carbonyl (C=O) groups is 2. The highest BCUT2D eigenvalue weighted by Gasteiger charge is 2.38. The smallest absolute Gasteiger partial charge is 0.306 e. The number of para-hydroxylation sites is 1. The summed E-state index contributed by atoms with van der Waals surface area (Å²) in [7, 11) is 0. The Labute approximate surface area is 181 Å². The lowest BCUT2D eigenvalue weighted by Crippen LogP contribution is -2.42. The molecule has 0 saturated carbocycles. The van der Waals surface area contributed by atoms with Gasteiger partial charge in [0.1, 0.15) is 18.0 Å². The molecule has 1 aliphatic heterocycles. The van der Waals surface area contributed by atoms with Crippen LogP contribution in [0.5, 0.6) is 5.75 Å². The summed E-state index contributed by atoms with van der Waals surface area (Å²) in [4.78, 5) is 26.4. The summed E-state index contributed by atoms with van der Waals surface area (Å²) in [6, 6.07) is 12.7. The Hall–Kier alpha value is -2.57. The Kier molecular flexibility index (Phi) is 7.00. The van der Waals surface area contributed by atoms with Crippen LogP contribution in [0.3, 0.4) is 0 Å². The van der Waals surface area contributed by atoms with Crippen molar-refractivity contribution in [2.45, 2.75) is 39.4 Å². The summed E-state index contributed by atoms with van der Waals surface area (Å²) in [5, 5.41) is 9.91. The highest BCUT2D eigenvalue weighted by atomic mass is 35.5. The number of rotatable bonds is 7. The first-order valence-corrected chi connectivity index (χ1v) is 10.4. The first-order chi connectivity index (χ1) is 14.3. The molecule has 0 bridgehead atoms. The number of carboxylic acid groups (broad SMARTS) is 1. The number of aliphatic carboxylic acids is 1. The largest absolute Gasteiger partial charge is 0.493 e. The average molecular weight is 432 g/mol. The molecule has 6 nitrogen and oxygen atoms in total. The lowest BCUT2D eigenvalue weighted by atomic mass is 9.98. The molecule has 2 atom stereocenters. The summed E-state index contributed by atoms with van der Waals surface area (Å²) in [5.41, 5.74) is 2.09. The van der Waals surface area contributed by atoms with Crippen molar-refractivity contribution in [2.24, 2.45) is 5.92 Å². The van der Waals surface area contributed by atoms with E-state index in [0.717, 1.165) is 5.56 Å². The number of carbonyl (C=O) groups excluding carboxylic acids is 1. The van der Waals surface area contributed by atoms with Gasteiger partial charge in [-0.25, -0.2) is 0 Å². The number of hydrogen-bond donors (Lipinski definition) is 1. The van der Waals surface area contributed by atoms with E-state index in [0.29, 0.717) is 35.2 Å². The van der Waals surface area contributed by atoms with Crippen LogP contribution >= 0.6 is 11.6 Å². The monoisotopic (exact) mass is 431 g/mol. The van der Waals surface area contributed by atoms with Crippen molar-refractivity contribution in [2.75, 3.05) is 18.1 Å². The second-order valence-electron chi connectivity index (χ2n) is 7.62. The van der Waals surface area contributed by atoms with Crippen molar-refractivity contribution in [1.82, 2.24) is 0 Å². The van der Waals surface area contributed by atoms with Gasteiger partial charge >= 0.3 is 5.97 Å². The fraction of sp³-hybridized carbons (Fsp3) is 0.391. The molecule has 0 saturated heterocycles. The molecule has 30 heavy (non-hydrogen) atoms. The summed E-state index contributed by atoms with van der Waals surface area (Å²) in [6.45, 7) is 6.79. The number of amides is 1. The maximum atomic E-state index is 13.3. The molecule has 2 aromatic carbocycles. The van der Waals surface area contributed by atoms with Gasteiger partial charge in [-0.2, -0.15) is 0 Å². The molecule has 3 rings (SSSR count). The molecule has 2 aromatic rings. The Balaban J connectivity index is 2.21. The van der Waals surface area contributed by atoms with Gasteiger partial charge in [-0.05, 0) is 37.1 Å². The fourth-order valence-corrected chi connectivity index (χ4v) is 3.82. The lowest BCUT2D eigenvalue weighted by Gasteiger charge is -2.26. The van der Waals surface area contributed by atoms with Crippen LogP contribution in [-0.2, 0) is 14.3 Å². The average Bonchev–Trinajstić information content (AvgIpc) is 2.78. The number of ether oxygens (including phenoxy) is 2. The van der Waals surface area contributed by atoms with Gasteiger partial charge in [0.25, 0.3) is 5.91 Å². The first kappa shape index (κ1) is 22.1. The van der Waals surface area contributed by atoms with E-state index in [-0.39, 0.29) is 11.8 Å². The van der Waals surface area contributed by atoms with Crippen LogP contribution in [0.25, 0.3) is 0 Å². The highest BCUT2D eigenvalue weighted by Crippen LogP contribution is 2.42. The van der Waals surface area contributed by atoms with E-state index in [1.54, 1.807) is 23.1 Å². The Morgan fingerprint density at radius 2 is 1.97 bits per heavy atom.